The van der Waals surface area contributed by atoms with Crippen LogP contribution in [0.3, 0.4) is 0 Å². The summed E-state index contributed by atoms with van der Waals surface area (Å²) in [6.07, 6.45) is 0. The Hall–Kier alpha value is -2.68. The van der Waals surface area contributed by atoms with E-state index in [9.17, 15) is 14.9 Å². The molecule has 0 bridgehead atoms. The Bertz CT molecular complexity index is 775. The second kappa shape index (κ2) is 7.47. The molecule has 134 valence electrons. The summed E-state index contributed by atoms with van der Waals surface area (Å²) >= 11 is 5.15. The Morgan fingerprint density at radius 2 is 2.12 bits per heavy atom. The van der Waals surface area contributed by atoms with Crippen LogP contribution in [0.25, 0.3) is 0 Å². The van der Waals surface area contributed by atoms with Crippen molar-refractivity contribution >= 4 is 28.8 Å². The van der Waals surface area contributed by atoms with Crippen LogP contribution >= 0.6 is 12.2 Å². The number of nitrogens with zero attached hydrogens (tertiary/aromatic N) is 1. The van der Waals surface area contributed by atoms with Gasteiger partial charge in [0.1, 0.15) is 0 Å². The lowest BCUT2D eigenvalue weighted by Crippen LogP contribution is -2.44. The maximum atomic E-state index is 12.1. The summed E-state index contributed by atoms with van der Waals surface area (Å²) in [5.41, 5.74) is 1.31. The van der Waals surface area contributed by atoms with E-state index in [1.54, 1.807) is 19.9 Å². The maximum absolute atomic E-state index is 12.1. The zero-order valence-corrected chi connectivity index (χ0v) is 15.2. The third-order valence-electron chi connectivity index (χ3n) is 3.74. The molecule has 0 radical (unpaired) electrons. The number of rotatable bonds is 6. The zero-order valence-electron chi connectivity index (χ0n) is 14.3. The molecule has 0 saturated carbocycles. The third-order valence-corrected chi connectivity index (χ3v) is 3.96. The van der Waals surface area contributed by atoms with Crippen LogP contribution in [0.4, 0.5) is 5.69 Å². The average Bonchev–Trinajstić information content (AvgIpc) is 2.53. The molecule has 2 rings (SSSR count). The molecule has 1 heterocycles. The average molecular weight is 365 g/mol. The summed E-state index contributed by atoms with van der Waals surface area (Å²) in [4.78, 5) is 23.0. The highest BCUT2D eigenvalue weighted by Crippen LogP contribution is 2.41. The Labute approximate surface area is 150 Å². The third kappa shape index (κ3) is 3.71. The minimum Gasteiger partial charge on any atom is -0.493 e. The highest BCUT2D eigenvalue weighted by molar-refractivity contribution is 7.80. The van der Waals surface area contributed by atoms with Crippen LogP contribution in [0.2, 0.25) is 0 Å². The summed E-state index contributed by atoms with van der Waals surface area (Å²) in [7, 11) is 1.40. The molecule has 1 aromatic rings. The fourth-order valence-corrected chi connectivity index (χ4v) is 3.03. The molecule has 0 spiro atoms. The number of carbonyl (C=O) groups excluding carboxylic acids is 1. The van der Waals surface area contributed by atoms with Gasteiger partial charge in [0.15, 0.2) is 16.6 Å². The quantitative estimate of drug-likeness (QED) is 0.450. The number of ketones is 1. The molecule has 1 atom stereocenters. The molecule has 9 heteroatoms. The van der Waals surface area contributed by atoms with Crippen LogP contribution in [-0.4, -0.2) is 29.5 Å². The molecule has 1 aromatic carbocycles. The van der Waals surface area contributed by atoms with Gasteiger partial charge in [0, 0.05) is 17.3 Å². The van der Waals surface area contributed by atoms with E-state index in [4.69, 9.17) is 21.7 Å². The van der Waals surface area contributed by atoms with E-state index in [0.29, 0.717) is 21.9 Å². The van der Waals surface area contributed by atoms with Gasteiger partial charge in [-0.2, -0.15) is 0 Å². The lowest BCUT2D eigenvalue weighted by Gasteiger charge is -2.30. The lowest BCUT2D eigenvalue weighted by molar-refractivity contribution is -0.386. The number of thiocarbonyl (C=S) groups is 1. The molecule has 1 unspecified atom stereocenters. The SMILES string of the molecule is CCOc1c(OC)cc(C2NC(=S)NC(C)=C2C(C)=O)cc1[N+](=O)[O-]. The van der Waals surface area contributed by atoms with Crippen molar-refractivity contribution in [2.75, 3.05) is 13.7 Å². The van der Waals surface area contributed by atoms with Gasteiger partial charge in [-0.15, -0.1) is 0 Å². The Kier molecular flexibility index (Phi) is 5.58. The van der Waals surface area contributed by atoms with Crippen LogP contribution in [0.1, 0.15) is 32.4 Å². The van der Waals surface area contributed by atoms with Gasteiger partial charge in [0.2, 0.25) is 5.75 Å². The second-order valence-corrected chi connectivity index (χ2v) is 5.80. The highest BCUT2D eigenvalue weighted by Gasteiger charge is 2.31. The Morgan fingerprint density at radius 3 is 2.64 bits per heavy atom. The van der Waals surface area contributed by atoms with Crippen molar-refractivity contribution in [2.45, 2.75) is 26.8 Å². The number of Topliss-reactive ketones (excluding diaryl/α,β-unsaturated/α-hetero) is 1. The maximum Gasteiger partial charge on any atom is 0.315 e. The predicted octanol–water partition coefficient (Wildman–Crippen LogP) is 2.38. The van der Waals surface area contributed by atoms with Crippen LogP contribution in [-0.2, 0) is 4.79 Å². The number of hydrogen-bond donors (Lipinski definition) is 2. The van der Waals surface area contributed by atoms with Crippen molar-refractivity contribution in [3.8, 4) is 11.5 Å². The standard InChI is InChI=1S/C16H19N3O5S/c1-5-24-15-11(19(21)22)6-10(7-12(15)23-4)14-13(9(3)20)8(2)17-16(25)18-14/h6-7,14H,5H2,1-4H3,(H2,17,18,25). The smallest absolute Gasteiger partial charge is 0.315 e. The minimum atomic E-state index is -0.616. The number of nitro groups is 1. The number of carbonyl (C=O) groups is 1. The van der Waals surface area contributed by atoms with Crippen molar-refractivity contribution < 1.29 is 19.2 Å². The number of nitrogens with one attached hydrogen (secondary N) is 2. The summed E-state index contributed by atoms with van der Waals surface area (Å²) < 4.78 is 10.6. The first kappa shape index (κ1) is 18.7. The number of nitro benzene ring substituents is 1. The van der Waals surface area contributed by atoms with Crippen LogP contribution in [0, 0.1) is 10.1 Å². The molecule has 1 aliphatic heterocycles. The van der Waals surface area contributed by atoms with Gasteiger partial charge in [-0.25, -0.2) is 0 Å². The molecule has 2 N–H and O–H groups in total. The van der Waals surface area contributed by atoms with E-state index in [1.165, 1.54) is 20.1 Å². The normalized spacial score (nSPS) is 16.8. The predicted molar refractivity (Wildman–Crippen MR) is 95.8 cm³/mol. The molecule has 0 amide bonds. The summed E-state index contributed by atoms with van der Waals surface area (Å²) in [6, 6.07) is 2.37. The van der Waals surface area contributed by atoms with Crippen molar-refractivity contribution in [3.05, 3.63) is 39.1 Å². The first-order valence-electron chi connectivity index (χ1n) is 7.58. The van der Waals surface area contributed by atoms with Gasteiger partial charge >= 0.3 is 5.69 Å². The van der Waals surface area contributed by atoms with E-state index in [-0.39, 0.29) is 29.6 Å². The lowest BCUT2D eigenvalue weighted by atomic mass is 9.92. The van der Waals surface area contributed by atoms with Gasteiger partial charge in [0.25, 0.3) is 0 Å². The molecule has 8 nitrogen and oxygen atoms in total. The first-order valence-corrected chi connectivity index (χ1v) is 7.99. The van der Waals surface area contributed by atoms with Crippen molar-refractivity contribution in [1.82, 2.24) is 10.6 Å². The van der Waals surface area contributed by atoms with Crippen molar-refractivity contribution in [2.24, 2.45) is 0 Å². The van der Waals surface area contributed by atoms with E-state index in [1.807, 2.05) is 0 Å². The van der Waals surface area contributed by atoms with Crippen LogP contribution in [0.5, 0.6) is 11.5 Å². The van der Waals surface area contributed by atoms with Gasteiger partial charge in [0.05, 0.1) is 24.7 Å². The number of benzene rings is 1. The van der Waals surface area contributed by atoms with E-state index in [0.717, 1.165) is 0 Å². The summed E-state index contributed by atoms with van der Waals surface area (Å²) in [5.74, 6) is 0.110. The van der Waals surface area contributed by atoms with Gasteiger partial charge in [-0.1, -0.05) is 0 Å². The van der Waals surface area contributed by atoms with Gasteiger partial charge in [-0.3, -0.25) is 14.9 Å². The number of allylic oxidation sites excluding steroid dienone is 1. The van der Waals surface area contributed by atoms with Gasteiger partial charge in [-0.05, 0) is 44.6 Å². The summed E-state index contributed by atoms with van der Waals surface area (Å²) in [6.45, 7) is 5.15. The van der Waals surface area contributed by atoms with E-state index < -0.39 is 11.0 Å². The summed E-state index contributed by atoms with van der Waals surface area (Å²) in [5, 5.41) is 17.7. The molecule has 0 aliphatic carbocycles. The molecule has 0 saturated heterocycles. The molecular weight excluding hydrogens is 346 g/mol. The number of methoxy groups -OCH3 is 1. The highest BCUT2D eigenvalue weighted by atomic mass is 32.1. The molecule has 1 aliphatic rings. The molecule has 25 heavy (non-hydrogen) atoms. The zero-order chi connectivity index (χ0) is 18.7. The molecule has 0 aromatic heterocycles. The topological polar surface area (TPSA) is 103 Å². The largest absolute Gasteiger partial charge is 0.493 e. The Morgan fingerprint density at radius 1 is 1.44 bits per heavy atom. The minimum absolute atomic E-state index is 0.0559. The molecular formula is C16H19N3O5S. The van der Waals surface area contributed by atoms with Gasteiger partial charge < -0.3 is 20.1 Å². The van der Waals surface area contributed by atoms with E-state index in [2.05, 4.69) is 10.6 Å². The monoisotopic (exact) mass is 365 g/mol. The number of hydrogen-bond acceptors (Lipinski definition) is 6. The fraction of sp³-hybridized carbons (Fsp3) is 0.375. The fourth-order valence-electron chi connectivity index (χ4n) is 2.76. The molecule has 0 fully saturated rings. The van der Waals surface area contributed by atoms with Crippen molar-refractivity contribution in [3.63, 3.8) is 0 Å². The van der Waals surface area contributed by atoms with Crippen LogP contribution in [0.15, 0.2) is 23.4 Å². The number of ether oxygens (including phenoxy) is 2. The van der Waals surface area contributed by atoms with E-state index >= 15 is 0 Å². The van der Waals surface area contributed by atoms with Crippen LogP contribution < -0.4 is 20.1 Å². The Balaban J connectivity index is 2.67. The first-order chi connectivity index (χ1) is 11.8. The second-order valence-electron chi connectivity index (χ2n) is 5.39. The van der Waals surface area contributed by atoms with Crippen molar-refractivity contribution in [1.29, 1.82) is 0 Å².